The van der Waals surface area contributed by atoms with E-state index in [1.807, 2.05) is 36.4 Å². The predicted octanol–water partition coefficient (Wildman–Crippen LogP) is 3.72. The van der Waals surface area contributed by atoms with Gasteiger partial charge in [-0.15, -0.1) is 0 Å². The van der Waals surface area contributed by atoms with Crippen LogP contribution in [-0.4, -0.2) is 32.4 Å². The molecule has 2 N–H and O–H groups in total. The van der Waals surface area contributed by atoms with Gasteiger partial charge in [0, 0.05) is 25.7 Å². The molecule has 1 amide bonds. The highest BCUT2D eigenvalue weighted by Crippen LogP contribution is 2.38. The zero-order valence-electron chi connectivity index (χ0n) is 19.3. The molecule has 0 spiro atoms. The van der Waals surface area contributed by atoms with Crippen molar-refractivity contribution in [2.75, 3.05) is 4.90 Å². The van der Waals surface area contributed by atoms with Crippen molar-refractivity contribution in [1.82, 2.24) is 14.1 Å². The van der Waals surface area contributed by atoms with Gasteiger partial charge in [-0.2, -0.15) is 0 Å². The fourth-order valence-corrected chi connectivity index (χ4v) is 4.65. The van der Waals surface area contributed by atoms with Crippen LogP contribution in [0, 0.1) is 5.41 Å². The van der Waals surface area contributed by atoms with Crippen molar-refractivity contribution < 1.29 is 9.53 Å². The number of pyridine rings is 1. The Morgan fingerprint density at radius 3 is 2.59 bits per heavy atom. The van der Waals surface area contributed by atoms with Crippen molar-refractivity contribution in [3.63, 3.8) is 0 Å². The van der Waals surface area contributed by atoms with E-state index in [0.717, 1.165) is 23.2 Å². The van der Waals surface area contributed by atoms with Crippen LogP contribution >= 0.6 is 0 Å². The minimum atomic E-state index is -0.780. The van der Waals surface area contributed by atoms with Crippen LogP contribution in [0.15, 0.2) is 41.2 Å². The van der Waals surface area contributed by atoms with Crippen LogP contribution in [0.4, 0.5) is 16.3 Å². The molecule has 4 rings (SSSR count). The summed E-state index contributed by atoms with van der Waals surface area (Å²) in [4.78, 5) is 31.6. The van der Waals surface area contributed by atoms with E-state index >= 15 is 0 Å². The molecule has 2 atom stereocenters. The number of carbonyl (C=O) groups is 1. The van der Waals surface area contributed by atoms with Gasteiger partial charge in [0.05, 0.1) is 11.6 Å². The van der Waals surface area contributed by atoms with E-state index in [0.29, 0.717) is 24.4 Å². The molecule has 0 bridgehead atoms. The van der Waals surface area contributed by atoms with E-state index in [9.17, 15) is 9.59 Å². The molecule has 0 radical (unpaired) electrons. The molecule has 170 valence electrons. The largest absolute Gasteiger partial charge is 0.444 e. The fraction of sp³-hybridized carbons (Fsp3) is 0.458. The Kier molecular flexibility index (Phi) is 5.48. The zero-order chi connectivity index (χ0) is 23.2. The third-order valence-corrected chi connectivity index (χ3v) is 5.96. The van der Waals surface area contributed by atoms with E-state index in [1.54, 1.807) is 16.2 Å². The molecule has 0 fully saturated rings. The number of imidazole rings is 1. The van der Waals surface area contributed by atoms with E-state index in [4.69, 9.17) is 15.5 Å². The molecule has 8 nitrogen and oxygen atoms in total. The monoisotopic (exact) mass is 437 g/mol. The van der Waals surface area contributed by atoms with Crippen LogP contribution in [0.25, 0.3) is 11.2 Å². The minimum Gasteiger partial charge on any atom is -0.444 e. The Hall–Kier alpha value is -3.29. The lowest BCUT2D eigenvalue weighted by molar-refractivity contribution is 0.0862. The van der Waals surface area contributed by atoms with Crippen molar-refractivity contribution >= 4 is 28.8 Å². The number of anilines is 2. The number of carbonyl (C=O) groups excluding carboxylic acids is 1. The quantitative estimate of drug-likeness (QED) is 0.671. The Morgan fingerprint density at radius 2 is 1.94 bits per heavy atom. The van der Waals surface area contributed by atoms with E-state index < -0.39 is 6.09 Å². The lowest BCUT2D eigenvalue weighted by Crippen LogP contribution is -2.48. The number of rotatable bonds is 4. The van der Waals surface area contributed by atoms with Crippen LogP contribution in [0.1, 0.15) is 39.7 Å². The molecule has 32 heavy (non-hydrogen) atoms. The average Bonchev–Trinajstić information content (AvgIpc) is 2.95. The first-order valence-corrected chi connectivity index (χ1v) is 11.0. The lowest BCUT2D eigenvalue weighted by atomic mass is 9.91. The summed E-state index contributed by atoms with van der Waals surface area (Å²) in [6, 6.07) is 11.8. The first-order valence-electron chi connectivity index (χ1n) is 11.0. The number of primary amides is 1. The maximum absolute atomic E-state index is 12.9. The molecule has 0 aliphatic carbocycles. The normalized spacial score (nSPS) is 18.6. The van der Waals surface area contributed by atoms with Crippen molar-refractivity contribution in [3.05, 3.63) is 52.4 Å². The molecule has 1 aliphatic heterocycles. The Labute approximate surface area is 187 Å². The Bertz CT molecular complexity index is 1220. The first-order chi connectivity index (χ1) is 15.1. The summed E-state index contributed by atoms with van der Waals surface area (Å²) in [7, 11) is 1.75. The maximum Gasteiger partial charge on any atom is 0.404 e. The van der Waals surface area contributed by atoms with Gasteiger partial charge in [-0.25, -0.2) is 14.6 Å². The van der Waals surface area contributed by atoms with Crippen LogP contribution in [-0.2, 0) is 24.8 Å². The average molecular weight is 438 g/mol. The molecular weight excluding hydrogens is 406 g/mol. The molecular formula is C24H31N5O3. The van der Waals surface area contributed by atoms with Crippen LogP contribution in [0.2, 0.25) is 0 Å². The topological polar surface area (TPSA) is 95.4 Å². The second-order valence-electron chi connectivity index (χ2n) is 9.65. The highest BCUT2D eigenvalue weighted by atomic mass is 16.6. The number of nitrogens with zero attached hydrogens (tertiary/aromatic N) is 4. The number of hydrogen-bond donors (Lipinski definition) is 1. The van der Waals surface area contributed by atoms with E-state index in [1.165, 1.54) is 0 Å². The number of aromatic nitrogens is 3. The molecule has 3 heterocycles. The Morgan fingerprint density at radius 1 is 1.22 bits per heavy atom. The smallest absolute Gasteiger partial charge is 0.404 e. The summed E-state index contributed by atoms with van der Waals surface area (Å²) < 4.78 is 8.88. The van der Waals surface area contributed by atoms with Gasteiger partial charge in [-0.05, 0) is 35.6 Å². The summed E-state index contributed by atoms with van der Waals surface area (Å²) in [6.07, 6.45) is 0.157. The van der Waals surface area contributed by atoms with Gasteiger partial charge in [0.1, 0.15) is 11.9 Å². The van der Waals surface area contributed by atoms with Gasteiger partial charge >= 0.3 is 11.8 Å². The number of nitrogens with two attached hydrogens (primary N) is 1. The highest BCUT2D eigenvalue weighted by Gasteiger charge is 2.37. The molecule has 2 aromatic heterocycles. The van der Waals surface area contributed by atoms with Gasteiger partial charge in [-0.3, -0.25) is 9.13 Å². The number of benzene rings is 1. The van der Waals surface area contributed by atoms with Gasteiger partial charge in [-0.1, -0.05) is 45.9 Å². The summed E-state index contributed by atoms with van der Waals surface area (Å²) in [6.45, 7) is 8.97. The molecule has 0 saturated heterocycles. The standard InChI is InChI=1S/C24H31N5O3/c1-6-16-19(32-22(25)30)13-15-9-7-8-10-17(15)29(16)20-12-11-18-21(26-20)27(5)23(31)28(18)14-24(2,3)4/h7-12,16,19H,6,13-14H2,1-5H3,(H2,25,30). The second kappa shape index (κ2) is 8.00. The van der Waals surface area contributed by atoms with E-state index in [2.05, 4.69) is 32.6 Å². The van der Waals surface area contributed by atoms with Crippen LogP contribution < -0.4 is 16.3 Å². The first kappa shape index (κ1) is 21.9. The molecule has 3 aromatic rings. The number of para-hydroxylation sites is 1. The number of hydrogen-bond acceptors (Lipinski definition) is 5. The van der Waals surface area contributed by atoms with Crippen molar-refractivity contribution in [3.8, 4) is 0 Å². The van der Waals surface area contributed by atoms with Crippen molar-refractivity contribution in [2.24, 2.45) is 18.2 Å². The maximum atomic E-state index is 12.9. The SMILES string of the molecule is CCC1C(OC(N)=O)Cc2ccccc2N1c1ccc2c(n1)n(C)c(=O)n2CC(C)(C)C. The number of fused-ring (bicyclic) bond motifs is 2. The molecule has 8 heteroatoms. The molecule has 2 unspecified atom stereocenters. The van der Waals surface area contributed by atoms with Gasteiger partial charge in [0.15, 0.2) is 5.65 Å². The predicted molar refractivity (Wildman–Crippen MR) is 125 cm³/mol. The second-order valence-corrected chi connectivity index (χ2v) is 9.65. The van der Waals surface area contributed by atoms with Crippen molar-refractivity contribution in [2.45, 2.75) is 59.2 Å². The lowest BCUT2D eigenvalue weighted by Gasteiger charge is -2.42. The van der Waals surface area contributed by atoms with E-state index in [-0.39, 0.29) is 23.3 Å². The molecule has 1 aliphatic rings. The van der Waals surface area contributed by atoms with Gasteiger partial charge in [0.25, 0.3) is 0 Å². The Balaban J connectivity index is 1.87. The summed E-state index contributed by atoms with van der Waals surface area (Å²) in [5.41, 5.74) is 8.76. The third-order valence-electron chi connectivity index (χ3n) is 5.96. The van der Waals surface area contributed by atoms with Gasteiger partial charge < -0.3 is 15.4 Å². The fourth-order valence-electron chi connectivity index (χ4n) is 4.65. The summed E-state index contributed by atoms with van der Waals surface area (Å²) in [5, 5.41) is 0. The van der Waals surface area contributed by atoms with Crippen LogP contribution in [0.3, 0.4) is 0 Å². The highest BCUT2D eigenvalue weighted by molar-refractivity contribution is 5.77. The minimum absolute atomic E-state index is 0.0464. The van der Waals surface area contributed by atoms with Crippen molar-refractivity contribution in [1.29, 1.82) is 0 Å². The van der Waals surface area contributed by atoms with Crippen LogP contribution in [0.5, 0.6) is 0 Å². The third kappa shape index (κ3) is 3.85. The molecule has 1 aromatic carbocycles. The zero-order valence-corrected chi connectivity index (χ0v) is 19.3. The molecule has 0 saturated carbocycles. The summed E-state index contributed by atoms with van der Waals surface area (Å²) >= 11 is 0. The number of ether oxygens (including phenoxy) is 1. The number of aryl methyl sites for hydroxylation is 1. The van der Waals surface area contributed by atoms with Gasteiger partial charge in [0.2, 0.25) is 0 Å². The number of amides is 1. The summed E-state index contributed by atoms with van der Waals surface area (Å²) in [5.74, 6) is 0.707.